The molecular weight excluding hydrogens is 458 g/mol. The number of nitrogens with one attached hydrogen (secondary N) is 2. The second kappa shape index (κ2) is 11.6. The lowest BCUT2D eigenvalue weighted by Gasteiger charge is -2.18. The van der Waals surface area contributed by atoms with E-state index < -0.39 is 10.0 Å². The van der Waals surface area contributed by atoms with Gasteiger partial charge >= 0.3 is 0 Å². The third kappa shape index (κ3) is 5.88. The zero-order valence-corrected chi connectivity index (χ0v) is 20.7. The summed E-state index contributed by atoms with van der Waals surface area (Å²) in [6, 6.07) is 23.3. The number of rotatable bonds is 4. The van der Waals surface area contributed by atoms with Gasteiger partial charge in [-0.05, 0) is 66.5 Å². The smallest absolute Gasteiger partial charge is 0.257 e. The fraction of sp³-hybridized carbons (Fsp3) is 0.179. The predicted molar refractivity (Wildman–Crippen MR) is 148 cm³/mol. The van der Waals surface area contributed by atoms with E-state index in [1.165, 1.54) is 32.9 Å². The summed E-state index contributed by atoms with van der Waals surface area (Å²) >= 11 is 0. The number of nitrogen functional groups attached to an aromatic ring is 1. The molecule has 0 spiro atoms. The quantitative estimate of drug-likeness (QED) is 0.319. The van der Waals surface area contributed by atoms with Crippen LogP contribution in [0.5, 0.6) is 0 Å². The van der Waals surface area contributed by atoms with E-state index in [1.54, 1.807) is 6.07 Å². The lowest BCUT2D eigenvalue weighted by Crippen LogP contribution is -2.13. The Bertz CT molecular complexity index is 1440. The highest BCUT2D eigenvalue weighted by Crippen LogP contribution is 2.42. The van der Waals surface area contributed by atoms with Crippen molar-refractivity contribution in [3.8, 4) is 11.1 Å². The molecule has 1 fully saturated rings. The van der Waals surface area contributed by atoms with Gasteiger partial charge in [0.15, 0.2) is 0 Å². The van der Waals surface area contributed by atoms with E-state index in [1.807, 2.05) is 73.5 Å². The molecule has 182 valence electrons. The summed E-state index contributed by atoms with van der Waals surface area (Å²) in [5, 5.41) is 7.15. The van der Waals surface area contributed by atoms with Crippen molar-refractivity contribution in [2.75, 3.05) is 23.5 Å². The molecule has 5 rings (SSSR count). The van der Waals surface area contributed by atoms with Crippen LogP contribution in [0.1, 0.15) is 19.8 Å². The van der Waals surface area contributed by atoms with Crippen LogP contribution in [-0.4, -0.2) is 28.3 Å². The molecule has 0 saturated carbocycles. The average Bonchev–Trinajstić information content (AvgIpc) is 3.46. The number of sulfonamides is 1. The summed E-state index contributed by atoms with van der Waals surface area (Å²) in [4.78, 5) is 8.05. The Morgan fingerprint density at radius 1 is 0.829 bits per heavy atom. The van der Waals surface area contributed by atoms with E-state index in [9.17, 15) is 8.42 Å². The Balaban J connectivity index is 0.000000428. The van der Waals surface area contributed by atoms with Crippen molar-refractivity contribution >= 4 is 49.7 Å². The molecule has 0 radical (unpaired) electrons. The first-order valence-electron chi connectivity index (χ1n) is 11.4. The number of hydrogen-bond acceptors (Lipinski definition) is 5. The van der Waals surface area contributed by atoms with Gasteiger partial charge in [0.2, 0.25) is 0 Å². The summed E-state index contributed by atoms with van der Waals surface area (Å²) in [6.45, 7) is 9.55. The standard InChI is InChI=1S/C23H20N2O2S.C4H9N.CH2O/c1-15(2)28(26,27)25-21-14-12-17-8-4-6-10-19(17)23(21)22-18-9-5-3-7-16(18)11-13-20(22)24;1-2-4-5-3-1;1-2/h3-14,25H,1,24H2,2H3;5H,1-4H2;1H2. The molecule has 1 saturated heterocycles. The first kappa shape index (κ1) is 25.9. The van der Waals surface area contributed by atoms with Gasteiger partial charge in [0, 0.05) is 16.8 Å². The molecular formula is C28H31N3O3S. The SMILES string of the molecule is C1CCNC1.C=C(C)S(=O)(=O)Nc1ccc2ccccc2c1-c1c(N)ccc2ccccc12.C=O. The fourth-order valence-corrected chi connectivity index (χ4v) is 4.68. The van der Waals surface area contributed by atoms with Crippen molar-refractivity contribution in [3.05, 3.63) is 84.3 Å². The van der Waals surface area contributed by atoms with Crippen molar-refractivity contribution in [3.63, 3.8) is 0 Å². The van der Waals surface area contributed by atoms with Crippen LogP contribution in [0.15, 0.2) is 84.3 Å². The minimum absolute atomic E-state index is 0.0532. The molecule has 1 heterocycles. The summed E-state index contributed by atoms with van der Waals surface area (Å²) < 4.78 is 27.7. The van der Waals surface area contributed by atoms with Crippen molar-refractivity contribution in [1.29, 1.82) is 0 Å². The fourth-order valence-electron chi connectivity index (χ4n) is 4.05. The zero-order valence-electron chi connectivity index (χ0n) is 19.9. The second-order valence-corrected chi connectivity index (χ2v) is 10.1. The molecule has 0 aliphatic carbocycles. The Morgan fingerprint density at radius 3 is 1.86 bits per heavy atom. The third-order valence-corrected chi connectivity index (χ3v) is 7.21. The molecule has 0 bridgehead atoms. The van der Waals surface area contributed by atoms with Gasteiger partial charge in [0.25, 0.3) is 10.0 Å². The topological polar surface area (TPSA) is 101 Å². The molecule has 35 heavy (non-hydrogen) atoms. The van der Waals surface area contributed by atoms with Crippen LogP contribution < -0.4 is 15.8 Å². The van der Waals surface area contributed by atoms with Gasteiger partial charge in [-0.2, -0.15) is 0 Å². The van der Waals surface area contributed by atoms with Gasteiger partial charge < -0.3 is 15.8 Å². The molecule has 1 aliphatic rings. The van der Waals surface area contributed by atoms with Crippen molar-refractivity contribution in [2.24, 2.45) is 0 Å². The van der Waals surface area contributed by atoms with Crippen molar-refractivity contribution in [1.82, 2.24) is 5.32 Å². The van der Waals surface area contributed by atoms with Crippen LogP contribution in [0.25, 0.3) is 32.7 Å². The summed E-state index contributed by atoms with van der Waals surface area (Å²) in [5.74, 6) is 0. The van der Waals surface area contributed by atoms with E-state index in [0.29, 0.717) is 11.4 Å². The maximum Gasteiger partial charge on any atom is 0.257 e. The highest BCUT2D eigenvalue weighted by Gasteiger charge is 2.19. The van der Waals surface area contributed by atoms with Crippen LogP contribution in [0.4, 0.5) is 11.4 Å². The Hall–Kier alpha value is -3.68. The first-order valence-corrected chi connectivity index (χ1v) is 12.8. The summed E-state index contributed by atoms with van der Waals surface area (Å²) in [7, 11) is -3.70. The number of anilines is 2. The molecule has 0 amide bonds. The molecule has 0 unspecified atom stereocenters. The van der Waals surface area contributed by atoms with E-state index in [2.05, 4.69) is 16.6 Å². The lowest BCUT2D eigenvalue weighted by molar-refractivity contribution is -0.0980. The summed E-state index contributed by atoms with van der Waals surface area (Å²) in [5.41, 5.74) is 9.05. The van der Waals surface area contributed by atoms with Gasteiger partial charge in [-0.3, -0.25) is 4.72 Å². The van der Waals surface area contributed by atoms with Gasteiger partial charge in [-0.1, -0.05) is 67.2 Å². The summed E-state index contributed by atoms with van der Waals surface area (Å²) in [6.07, 6.45) is 2.78. The van der Waals surface area contributed by atoms with Crippen molar-refractivity contribution < 1.29 is 13.2 Å². The van der Waals surface area contributed by atoms with Crippen LogP contribution in [0.2, 0.25) is 0 Å². The van der Waals surface area contributed by atoms with Gasteiger partial charge in [-0.25, -0.2) is 8.42 Å². The number of nitrogens with two attached hydrogens (primary N) is 1. The largest absolute Gasteiger partial charge is 0.398 e. The van der Waals surface area contributed by atoms with E-state index in [4.69, 9.17) is 10.5 Å². The molecule has 0 aromatic heterocycles. The molecule has 1 aliphatic heterocycles. The zero-order chi connectivity index (χ0) is 25.4. The Morgan fingerprint density at radius 2 is 1.34 bits per heavy atom. The average molecular weight is 490 g/mol. The number of fused-ring (bicyclic) bond motifs is 2. The highest BCUT2D eigenvalue weighted by molar-refractivity contribution is 7.96. The van der Waals surface area contributed by atoms with Gasteiger partial charge in [-0.15, -0.1) is 0 Å². The number of hydrogen-bond donors (Lipinski definition) is 3. The maximum absolute atomic E-state index is 12.5. The first-order chi connectivity index (χ1) is 16.9. The number of carbonyl (C=O) groups excluding carboxylic acids is 1. The number of allylic oxidation sites excluding steroid dienone is 1. The minimum Gasteiger partial charge on any atom is -0.398 e. The van der Waals surface area contributed by atoms with E-state index >= 15 is 0 Å². The molecule has 4 aromatic carbocycles. The predicted octanol–water partition coefficient (Wildman–Crippen LogP) is 5.70. The van der Waals surface area contributed by atoms with Gasteiger partial charge in [0.05, 0.1) is 10.6 Å². The monoisotopic (exact) mass is 489 g/mol. The Kier molecular flexibility index (Phi) is 8.63. The number of carbonyl (C=O) groups is 1. The molecule has 0 atom stereocenters. The normalized spacial score (nSPS) is 12.8. The van der Waals surface area contributed by atoms with E-state index in [-0.39, 0.29) is 4.91 Å². The van der Waals surface area contributed by atoms with E-state index in [0.717, 1.165) is 32.7 Å². The minimum atomic E-state index is -3.70. The van der Waals surface area contributed by atoms with Crippen LogP contribution in [-0.2, 0) is 14.8 Å². The molecule has 4 N–H and O–H groups in total. The lowest BCUT2D eigenvalue weighted by atomic mass is 9.91. The molecule has 6 nitrogen and oxygen atoms in total. The second-order valence-electron chi connectivity index (χ2n) is 8.22. The molecule has 7 heteroatoms. The number of benzene rings is 4. The third-order valence-electron chi connectivity index (χ3n) is 5.80. The molecule has 4 aromatic rings. The van der Waals surface area contributed by atoms with Crippen LogP contribution in [0, 0.1) is 0 Å². The van der Waals surface area contributed by atoms with Crippen molar-refractivity contribution in [2.45, 2.75) is 19.8 Å². The van der Waals surface area contributed by atoms with Crippen LogP contribution in [0.3, 0.4) is 0 Å². The Labute approximate surface area is 206 Å². The van der Waals surface area contributed by atoms with Crippen LogP contribution >= 0.6 is 0 Å². The maximum atomic E-state index is 12.5. The highest BCUT2D eigenvalue weighted by atomic mass is 32.2. The van der Waals surface area contributed by atoms with Gasteiger partial charge in [0.1, 0.15) is 6.79 Å².